The summed E-state index contributed by atoms with van der Waals surface area (Å²) in [5.41, 5.74) is 0.233. The quantitative estimate of drug-likeness (QED) is 0.787. The van der Waals surface area contributed by atoms with E-state index in [0.29, 0.717) is 31.7 Å². The molecule has 1 aliphatic rings. The van der Waals surface area contributed by atoms with E-state index in [1.54, 1.807) is 42.7 Å². The molecule has 0 atom stereocenters. The van der Waals surface area contributed by atoms with E-state index in [4.69, 9.17) is 4.42 Å². The Morgan fingerprint density at radius 1 is 1.29 bits per heavy atom. The molecule has 0 bridgehead atoms. The van der Waals surface area contributed by atoms with Crippen molar-refractivity contribution in [2.45, 2.75) is 25.8 Å². The highest BCUT2D eigenvalue weighted by atomic mass is 16.3. The number of aromatic nitrogens is 1. The Morgan fingerprint density at radius 2 is 2.04 bits per heavy atom. The number of amides is 2. The maximum absolute atomic E-state index is 12.7. The van der Waals surface area contributed by atoms with E-state index in [2.05, 4.69) is 10.3 Å². The van der Waals surface area contributed by atoms with Crippen molar-refractivity contribution in [3.8, 4) is 0 Å². The van der Waals surface area contributed by atoms with Gasteiger partial charge in [0.05, 0.1) is 12.8 Å². The van der Waals surface area contributed by atoms with E-state index in [0.717, 1.165) is 12.0 Å². The average molecular weight is 327 g/mol. The summed E-state index contributed by atoms with van der Waals surface area (Å²) in [4.78, 5) is 30.7. The van der Waals surface area contributed by atoms with Crippen molar-refractivity contribution < 1.29 is 14.0 Å². The first kappa shape index (κ1) is 16.2. The van der Waals surface area contributed by atoms with Gasteiger partial charge in [0.25, 0.3) is 0 Å². The number of carbonyl (C=O) groups is 2. The van der Waals surface area contributed by atoms with Gasteiger partial charge in [0.1, 0.15) is 11.2 Å². The van der Waals surface area contributed by atoms with E-state index in [1.807, 2.05) is 12.1 Å². The Labute approximate surface area is 140 Å². The monoisotopic (exact) mass is 327 g/mol. The molecule has 6 nitrogen and oxygen atoms in total. The minimum absolute atomic E-state index is 0.103. The summed E-state index contributed by atoms with van der Waals surface area (Å²) >= 11 is 0. The number of hydrogen-bond acceptors (Lipinski definition) is 4. The first-order chi connectivity index (χ1) is 11.6. The molecule has 6 heteroatoms. The maximum atomic E-state index is 12.7. The second-order valence-electron chi connectivity index (χ2n) is 6.18. The molecule has 24 heavy (non-hydrogen) atoms. The summed E-state index contributed by atoms with van der Waals surface area (Å²) in [6.07, 6.45) is 7.00. The van der Waals surface area contributed by atoms with Crippen LogP contribution < -0.4 is 5.32 Å². The number of pyridine rings is 1. The molecule has 2 amide bonds. The minimum atomic E-state index is -0.889. The summed E-state index contributed by atoms with van der Waals surface area (Å²) in [5.74, 6) is 0.366. The molecule has 0 saturated heterocycles. The van der Waals surface area contributed by atoms with Crippen LogP contribution in [0.1, 0.15) is 24.2 Å². The zero-order chi connectivity index (χ0) is 17.0. The molecule has 126 valence electrons. The first-order valence-corrected chi connectivity index (χ1v) is 8.07. The lowest BCUT2D eigenvalue weighted by Crippen LogP contribution is -2.44. The number of furan rings is 1. The Balaban J connectivity index is 1.53. The first-order valence-electron chi connectivity index (χ1n) is 8.07. The van der Waals surface area contributed by atoms with Gasteiger partial charge in [0, 0.05) is 26.0 Å². The van der Waals surface area contributed by atoms with Crippen LogP contribution in [0.2, 0.25) is 0 Å². The number of carbonyl (C=O) groups excluding carboxylic acids is 2. The van der Waals surface area contributed by atoms with Crippen LogP contribution in [0.15, 0.2) is 47.3 Å². The molecule has 0 aromatic carbocycles. The van der Waals surface area contributed by atoms with Gasteiger partial charge in [-0.15, -0.1) is 0 Å². The van der Waals surface area contributed by atoms with Crippen LogP contribution in [0.3, 0.4) is 0 Å². The maximum Gasteiger partial charge on any atom is 0.238 e. The third-order valence-electron chi connectivity index (χ3n) is 4.43. The molecule has 0 unspecified atom stereocenters. The number of nitrogens with zero attached hydrogens (tertiary/aromatic N) is 2. The molecule has 1 saturated carbocycles. The lowest BCUT2D eigenvalue weighted by atomic mass is 10.0. The standard InChI is InChI=1S/C18H21N3O3/c1-21(11-6-14-4-9-19-10-5-14)17(23)18(7-8-18)16(22)20-13-15-3-2-12-24-15/h2-5,9-10,12H,6-8,11,13H2,1H3,(H,20,22). The molecule has 2 aromatic heterocycles. The summed E-state index contributed by atoms with van der Waals surface area (Å²) in [7, 11) is 1.75. The highest BCUT2D eigenvalue weighted by molar-refractivity contribution is 6.07. The second-order valence-corrected chi connectivity index (χ2v) is 6.18. The Kier molecular flexibility index (Phi) is 4.64. The Hall–Kier alpha value is -2.63. The van der Waals surface area contributed by atoms with Crippen molar-refractivity contribution in [2.75, 3.05) is 13.6 Å². The van der Waals surface area contributed by atoms with Crippen molar-refractivity contribution in [2.24, 2.45) is 5.41 Å². The van der Waals surface area contributed by atoms with Crippen molar-refractivity contribution in [1.82, 2.24) is 15.2 Å². The normalized spacial score (nSPS) is 14.9. The highest BCUT2D eigenvalue weighted by Gasteiger charge is 2.57. The van der Waals surface area contributed by atoms with Gasteiger partial charge in [0.2, 0.25) is 11.8 Å². The zero-order valence-electron chi connectivity index (χ0n) is 13.7. The summed E-state index contributed by atoms with van der Waals surface area (Å²) < 4.78 is 5.20. The third-order valence-corrected chi connectivity index (χ3v) is 4.43. The highest BCUT2D eigenvalue weighted by Crippen LogP contribution is 2.47. The van der Waals surface area contributed by atoms with E-state index < -0.39 is 5.41 Å². The van der Waals surface area contributed by atoms with Gasteiger partial charge in [-0.3, -0.25) is 14.6 Å². The summed E-state index contributed by atoms with van der Waals surface area (Å²) in [6, 6.07) is 7.43. The van der Waals surface area contributed by atoms with E-state index >= 15 is 0 Å². The van der Waals surface area contributed by atoms with Crippen LogP contribution >= 0.6 is 0 Å². The van der Waals surface area contributed by atoms with Gasteiger partial charge >= 0.3 is 0 Å². The van der Waals surface area contributed by atoms with E-state index in [-0.39, 0.29) is 11.8 Å². The summed E-state index contributed by atoms with van der Waals surface area (Å²) in [6.45, 7) is 0.887. The smallest absolute Gasteiger partial charge is 0.238 e. The SMILES string of the molecule is CN(CCc1ccncc1)C(=O)C1(C(=O)NCc2ccco2)CC1. The molecule has 1 N–H and O–H groups in total. The Bertz CT molecular complexity index is 694. The topological polar surface area (TPSA) is 75.4 Å². The fourth-order valence-electron chi connectivity index (χ4n) is 2.73. The summed E-state index contributed by atoms with van der Waals surface area (Å²) in [5, 5.41) is 2.81. The van der Waals surface area contributed by atoms with Crippen molar-refractivity contribution in [3.63, 3.8) is 0 Å². The molecular formula is C18H21N3O3. The van der Waals surface area contributed by atoms with Crippen molar-refractivity contribution in [1.29, 1.82) is 0 Å². The fraction of sp³-hybridized carbons (Fsp3) is 0.389. The van der Waals surface area contributed by atoms with Gasteiger partial charge < -0.3 is 14.6 Å². The lowest BCUT2D eigenvalue weighted by Gasteiger charge is -2.23. The van der Waals surface area contributed by atoms with Crippen LogP contribution in [-0.2, 0) is 22.6 Å². The predicted molar refractivity (Wildman–Crippen MR) is 87.8 cm³/mol. The lowest BCUT2D eigenvalue weighted by molar-refractivity contribution is -0.143. The Morgan fingerprint density at radius 3 is 2.67 bits per heavy atom. The average Bonchev–Trinajstić information content (AvgIpc) is 3.26. The van der Waals surface area contributed by atoms with Gasteiger partial charge in [-0.1, -0.05) is 0 Å². The van der Waals surface area contributed by atoms with Crippen LogP contribution in [0.4, 0.5) is 0 Å². The van der Waals surface area contributed by atoms with Crippen LogP contribution in [0, 0.1) is 5.41 Å². The van der Waals surface area contributed by atoms with Gasteiger partial charge in [-0.2, -0.15) is 0 Å². The molecule has 0 radical (unpaired) electrons. The molecule has 0 spiro atoms. The number of likely N-dealkylation sites (N-methyl/N-ethyl adjacent to an activating group) is 1. The van der Waals surface area contributed by atoms with E-state index in [9.17, 15) is 9.59 Å². The third kappa shape index (κ3) is 3.48. The molecule has 2 aromatic rings. The molecular weight excluding hydrogens is 306 g/mol. The largest absolute Gasteiger partial charge is 0.467 e. The molecule has 0 aliphatic heterocycles. The molecule has 2 heterocycles. The molecule has 1 aliphatic carbocycles. The van der Waals surface area contributed by atoms with Crippen molar-refractivity contribution in [3.05, 3.63) is 54.2 Å². The predicted octanol–water partition coefficient (Wildman–Crippen LogP) is 1.77. The van der Waals surface area contributed by atoms with E-state index in [1.165, 1.54) is 0 Å². The minimum Gasteiger partial charge on any atom is -0.467 e. The van der Waals surface area contributed by atoms with Crippen LogP contribution in [0.25, 0.3) is 0 Å². The molecule has 1 fully saturated rings. The van der Waals surface area contributed by atoms with Gasteiger partial charge in [-0.25, -0.2) is 0 Å². The van der Waals surface area contributed by atoms with Gasteiger partial charge in [-0.05, 0) is 49.1 Å². The van der Waals surface area contributed by atoms with Crippen LogP contribution in [-0.4, -0.2) is 35.3 Å². The number of rotatable bonds is 7. The van der Waals surface area contributed by atoms with Crippen molar-refractivity contribution >= 4 is 11.8 Å². The molecule has 3 rings (SSSR count). The van der Waals surface area contributed by atoms with Gasteiger partial charge in [0.15, 0.2) is 0 Å². The number of hydrogen-bond donors (Lipinski definition) is 1. The van der Waals surface area contributed by atoms with Crippen LogP contribution in [0.5, 0.6) is 0 Å². The zero-order valence-corrected chi connectivity index (χ0v) is 13.7. The second kappa shape index (κ2) is 6.86. The number of nitrogens with one attached hydrogen (secondary N) is 1. The fourth-order valence-corrected chi connectivity index (χ4v) is 2.73.